The van der Waals surface area contributed by atoms with Crippen LogP contribution in [0.5, 0.6) is 0 Å². The molecule has 2 aliphatic heterocycles. The SMILES string of the molecule is CCOC(=O)c1cc2c(nc1C)CC1CCC2N1C. The number of aromatic nitrogens is 1. The third kappa shape index (κ3) is 1.94. The number of carbonyl (C=O) groups is 1. The summed E-state index contributed by atoms with van der Waals surface area (Å²) in [5.41, 5.74) is 3.82. The van der Waals surface area contributed by atoms with Crippen molar-refractivity contribution in [2.24, 2.45) is 0 Å². The molecule has 0 spiro atoms. The first-order chi connectivity index (χ1) is 9.11. The summed E-state index contributed by atoms with van der Waals surface area (Å²) in [6, 6.07) is 3.06. The molecule has 1 aromatic heterocycles. The minimum absolute atomic E-state index is 0.252. The van der Waals surface area contributed by atoms with Crippen molar-refractivity contribution >= 4 is 5.97 Å². The van der Waals surface area contributed by atoms with Crippen molar-refractivity contribution in [1.82, 2.24) is 9.88 Å². The van der Waals surface area contributed by atoms with E-state index in [1.807, 2.05) is 19.9 Å². The van der Waals surface area contributed by atoms with Gasteiger partial charge in [0, 0.05) is 24.2 Å². The van der Waals surface area contributed by atoms with Gasteiger partial charge in [-0.15, -0.1) is 0 Å². The van der Waals surface area contributed by atoms with E-state index in [9.17, 15) is 4.79 Å². The topological polar surface area (TPSA) is 42.4 Å². The lowest BCUT2D eigenvalue weighted by molar-refractivity contribution is 0.0524. The van der Waals surface area contributed by atoms with Gasteiger partial charge in [0.2, 0.25) is 0 Å². The van der Waals surface area contributed by atoms with Gasteiger partial charge in [-0.25, -0.2) is 4.79 Å². The molecule has 2 unspecified atom stereocenters. The summed E-state index contributed by atoms with van der Waals surface area (Å²) in [6.45, 7) is 4.13. The van der Waals surface area contributed by atoms with E-state index in [-0.39, 0.29) is 5.97 Å². The Hall–Kier alpha value is -1.42. The van der Waals surface area contributed by atoms with Gasteiger partial charge in [-0.05, 0) is 45.4 Å². The van der Waals surface area contributed by atoms with Gasteiger partial charge in [-0.1, -0.05) is 0 Å². The Kier molecular flexibility index (Phi) is 3.05. The second kappa shape index (κ2) is 4.60. The third-order valence-corrected chi connectivity index (χ3v) is 4.45. The average molecular weight is 260 g/mol. The monoisotopic (exact) mass is 260 g/mol. The highest BCUT2D eigenvalue weighted by molar-refractivity contribution is 5.90. The Balaban J connectivity index is 2.03. The first-order valence-electron chi connectivity index (χ1n) is 7.01. The van der Waals surface area contributed by atoms with Crippen molar-refractivity contribution < 1.29 is 9.53 Å². The van der Waals surface area contributed by atoms with Crippen LogP contribution in [0.1, 0.15) is 53.1 Å². The number of pyridine rings is 1. The van der Waals surface area contributed by atoms with Crippen LogP contribution in [0.2, 0.25) is 0 Å². The van der Waals surface area contributed by atoms with E-state index in [1.54, 1.807) is 0 Å². The normalized spacial score (nSPS) is 25.2. The molecule has 0 amide bonds. The molecule has 3 rings (SSSR count). The molecule has 4 heteroatoms. The lowest BCUT2D eigenvalue weighted by Gasteiger charge is -2.33. The van der Waals surface area contributed by atoms with Crippen LogP contribution in [0, 0.1) is 6.92 Å². The van der Waals surface area contributed by atoms with Gasteiger partial charge in [0.15, 0.2) is 0 Å². The minimum atomic E-state index is -0.252. The van der Waals surface area contributed by atoms with Gasteiger partial charge >= 0.3 is 5.97 Å². The molecule has 0 saturated carbocycles. The molecule has 1 fully saturated rings. The van der Waals surface area contributed by atoms with E-state index in [1.165, 1.54) is 24.1 Å². The maximum Gasteiger partial charge on any atom is 0.339 e. The molecule has 102 valence electrons. The highest BCUT2D eigenvalue weighted by atomic mass is 16.5. The molecule has 19 heavy (non-hydrogen) atoms. The summed E-state index contributed by atoms with van der Waals surface area (Å²) in [6.07, 6.45) is 3.40. The number of fused-ring (bicyclic) bond motifs is 4. The minimum Gasteiger partial charge on any atom is -0.462 e. The first kappa shape index (κ1) is 12.6. The summed E-state index contributed by atoms with van der Waals surface area (Å²) < 4.78 is 5.11. The van der Waals surface area contributed by atoms with E-state index in [0.29, 0.717) is 24.3 Å². The number of carbonyl (C=O) groups excluding carboxylic acids is 1. The fourth-order valence-electron chi connectivity index (χ4n) is 3.39. The van der Waals surface area contributed by atoms with Crippen LogP contribution in [0.3, 0.4) is 0 Å². The fraction of sp³-hybridized carbons (Fsp3) is 0.600. The summed E-state index contributed by atoms with van der Waals surface area (Å²) in [7, 11) is 2.18. The molecule has 2 atom stereocenters. The van der Waals surface area contributed by atoms with Crippen LogP contribution in [0.4, 0.5) is 0 Å². The molecule has 0 aliphatic carbocycles. The second-order valence-corrected chi connectivity index (χ2v) is 5.49. The quantitative estimate of drug-likeness (QED) is 0.765. The standard InChI is InChI=1S/C15H20N2O2/c1-4-19-15(18)11-8-12-13(16-9(11)2)7-10-5-6-14(12)17(10)3/h8,10,14H,4-7H2,1-3H3. The van der Waals surface area contributed by atoms with Crippen LogP contribution in [-0.4, -0.2) is 35.5 Å². The largest absolute Gasteiger partial charge is 0.462 e. The first-order valence-corrected chi connectivity index (χ1v) is 7.01. The van der Waals surface area contributed by atoms with E-state index >= 15 is 0 Å². The van der Waals surface area contributed by atoms with Crippen molar-refractivity contribution in [3.8, 4) is 0 Å². The number of esters is 1. The number of likely N-dealkylation sites (N-methyl/N-ethyl adjacent to an activating group) is 1. The van der Waals surface area contributed by atoms with Crippen LogP contribution in [0.15, 0.2) is 6.07 Å². The average Bonchev–Trinajstić information content (AvgIpc) is 2.62. The zero-order valence-electron chi connectivity index (χ0n) is 11.8. The molecule has 2 aliphatic rings. The Labute approximate surface area is 113 Å². The summed E-state index contributed by atoms with van der Waals surface area (Å²) in [4.78, 5) is 19.1. The molecule has 1 saturated heterocycles. The number of rotatable bonds is 2. The van der Waals surface area contributed by atoms with Crippen molar-refractivity contribution in [3.63, 3.8) is 0 Å². The fourth-order valence-corrected chi connectivity index (χ4v) is 3.39. The third-order valence-electron chi connectivity index (χ3n) is 4.45. The molecule has 2 bridgehead atoms. The predicted molar refractivity (Wildman–Crippen MR) is 72.2 cm³/mol. The Morgan fingerprint density at radius 2 is 2.32 bits per heavy atom. The van der Waals surface area contributed by atoms with Gasteiger partial charge in [0.05, 0.1) is 17.9 Å². The molecule has 3 heterocycles. The van der Waals surface area contributed by atoms with E-state index in [0.717, 1.165) is 12.1 Å². The Morgan fingerprint density at radius 1 is 1.53 bits per heavy atom. The van der Waals surface area contributed by atoms with Gasteiger partial charge in [-0.2, -0.15) is 0 Å². The Bertz CT molecular complexity index is 527. The molecular weight excluding hydrogens is 240 g/mol. The lowest BCUT2D eigenvalue weighted by Crippen LogP contribution is -2.35. The maximum absolute atomic E-state index is 12.0. The summed E-state index contributed by atoms with van der Waals surface area (Å²) in [5.74, 6) is -0.252. The second-order valence-electron chi connectivity index (χ2n) is 5.49. The molecular formula is C15H20N2O2. The Morgan fingerprint density at radius 3 is 3.05 bits per heavy atom. The van der Waals surface area contributed by atoms with Crippen molar-refractivity contribution in [3.05, 3.63) is 28.6 Å². The summed E-state index contributed by atoms with van der Waals surface area (Å²) in [5, 5.41) is 0. The molecule has 0 aromatic carbocycles. The molecule has 0 radical (unpaired) electrons. The predicted octanol–water partition coefficient (Wildman–Crippen LogP) is 2.26. The van der Waals surface area contributed by atoms with Crippen molar-refractivity contribution in [2.45, 2.75) is 45.2 Å². The van der Waals surface area contributed by atoms with Gasteiger partial charge < -0.3 is 4.74 Å². The van der Waals surface area contributed by atoms with Crippen LogP contribution in [0.25, 0.3) is 0 Å². The van der Waals surface area contributed by atoms with Crippen LogP contribution in [-0.2, 0) is 11.2 Å². The highest BCUT2D eigenvalue weighted by Gasteiger charge is 2.38. The number of hydrogen-bond donors (Lipinski definition) is 0. The van der Waals surface area contributed by atoms with E-state index < -0.39 is 0 Å². The maximum atomic E-state index is 12.0. The number of aryl methyl sites for hydroxylation is 1. The van der Waals surface area contributed by atoms with Gasteiger partial charge in [-0.3, -0.25) is 9.88 Å². The zero-order chi connectivity index (χ0) is 13.6. The highest BCUT2D eigenvalue weighted by Crippen LogP contribution is 2.42. The zero-order valence-corrected chi connectivity index (χ0v) is 11.8. The van der Waals surface area contributed by atoms with E-state index in [4.69, 9.17) is 4.74 Å². The molecule has 0 N–H and O–H groups in total. The smallest absolute Gasteiger partial charge is 0.339 e. The number of hydrogen-bond acceptors (Lipinski definition) is 4. The lowest BCUT2D eigenvalue weighted by atomic mass is 9.96. The van der Waals surface area contributed by atoms with Crippen LogP contribution < -0.4 is 0 Å². The van der Waals surface area contributed by atoms with Crippen LogP contribution >= 0.6 is 0 Å². The molecule has 4 nitrogen and oxygen atoms in total. The van der Waals surface area contributed by atoms with Crippen molar-refractivity contribution in [1.29, 1.82) is 0 Å². The van der Waals surface area contributed by atoms with Gasteiger partial charge in [0.1, 0.15) is 0 Å². The molecule has 1 aromatic rings. The number of nitrogens with zero attached hydrogens (tertiary/aromatic N) is 2. The number of ether oxygens (including phenoxy) is 1. The van der Waals surface area contributed by atoms with Gasteiger partial charge in [0.25, 0.3) is 0 Å². The van der Waals surface area contributed by atoms with E-state index in [2.05, 4.69) is 16.9 Å². The van der Waals surface area contributed by atoms with Crippen molar-refractivity contribution in [2.75, 3.05) is 13.7 Å². The summed E-state index contributed by atoms with van der Waals surface area (Å²) >= 11 is 0.